The lowest BCUT2D eigenvalue weighted by molar-refractivity contribution is -0.137. The third kappa shape index (κ3) is 7.02. The van der Waals surface area contributed by atoms with Gasteiger partial charge in [-0.1, -0.05) is 77.9 Å². The third-order valence-electron chi connectivity index (χ3n) is 5.45. The van der Waals surface area contributed by atoms with E-state index in [0.717, 1.165) is 27.4 Å². The smallest absolute Gasteiger partial charge is 0.328 e. The van der Waals surface area contributed by atoms with Crippen LogP contribution in [0.2, 0.25) is 0 Å². The van der Waals surface area contributed by atoms with Gasteiger partial charge in [0, 0.05) is 11.1 Å². The molecule has 0 amide bonds. The van der Waals surface area contributed by atoms with Crippen LogP contribution in [-0.2, 0) is 4.79 Å². The van der Waals surface area contributed by atoms with Gasteiger partial charge in [0.1, 0.15) is 11.9 Å². The Labute approximate surface area is 230 Å². The van der Waals surface area contributed by atoms with Crippen LogP contribution in [0.25, 0.3) is 33.2 Å². The van der Waals surface area contributed by atoms with Gasteiger partial charge in [0.05, 0.1) is 30.5 Å². The molecule has 38 heavy (non-hydrogen) atoms. The van der Waals surface area contributed by atoms with E-state index in [-0.39, 0.29) is 11.7 Å². The summed E-state index contributed by atoms with van der Waals surface area (Å²) < 4.78 is 16.7. The molecular weight excluding hydrogens is 498 g/mol. The van der Waals surface area contributed by atoms with Crippen LogP contribution in [0.3, 0.4) is 0 Å². The Balaban J connectivity index is 0.00000121. The van der Waals surface area contributed by atoms with Crippen LogP contribution in [0.15, 0.2) is 60.0 Å². The van der Waals surface area contributed by atoms with Gasteiger partial charge in [-0.3, -0.25) is 0 Å². The third-order valence-corrected chi connectivity index (χ3v) is 6.33. The normalized spacial score (nSPS) is 11.0. The van der Waals surface area contributed by atoms with Crippen LogP contribution >= 0.6 is 11.3 Å². The van der Waals surface area contributed by atoms with Gasteiger partial charge in [0.25, 0.3) is 0 Å². The van der Waals surface area contributed by atoms with Gasteiger partial charge >= 0.3 is 5.97 Å². The molecule has 0 fully saturated rings. The van der Waals surface area contributed by atoms with Crippen LogP contribution in [0, 0.1) is 5.92 Å². The number of methoxy groups -OCH3 is 2. The molecule has 4 aromatic rings. The topological polar surface area (TPSA) is 99.5 Å². The molecule has 0 aliphatic carbocycles. The van der Waals surface area contributed by atoms with E-state index in [2.05, 4.69) is 11.1 Å². The summed E-state index contributed by atoms with van der Waals surface area (Å²) in [5.41, 5.74) is 9.45. The number of nitrogens with one attached hydrogen (secondary N) is 1. The van der Waals surface area contributed by atoms with Crippen molar-refractivity contribution in [3.63, 3.8) is 0 Å². The van der Waals surface area contributed by atoms with E-state index < -0.39 is 12.0 Å². The quantitative estimate of drug-likeness (QED) is 0.179. The van der Waals surface area contributed by atoms with E-state index >= 15 is 0 Å². The van der Waals surface area contributed by atoms with E-state index in [1.807, 2.05) is 83.3 Å². The number of hydrogen-bond donors (Lipinski definition) is 2. The standard InChI is InChI=1S/C26H27N3O4S.2C2H6/c1-15(2)21(27)26(30)33-24-18(31-3)13-17(14-19(24)32-4)25-28-22(16-9-6-5-7-10-16)23(29-25)20-11-8-12-34-20;2*1-2/h5-15,21H,27H2,1-4H3,(H,28,29);2*1-2H3. The van der Waals surface area contributed by atoms with Crippen molar-refractivity contribution < 1.29 is 19.0 Å². The van der Waals surface area contributed by atoms with Gasteiger partial charge in [-0.2, -0.15) is 0 Å². The summed E-state index contributed by atoms with van der Waals surface area (Å²) in [6, 6.07) is 16.8. The molecule has 0 spiro atoms. The van der Waals surface area contributed by atoms with E-state index in [1.165, 1.54) is 14.2 Å². The fraction of sp³-hybridized carbons (Fsp3) is 0.333. The summed E-state index contributed by atoms with van der Waals surface area (Å²) in [7, 11) is 3.01. The van der Waals surface area contributed by atoms with Crippen LogP contribution < -0.4 is 19.9 Å². The average Bonchev–Trinajstić information content (AvgIpc) is 3.66. The van der Waals surface area contributed by atoms with Crippen molar-refractivity contribution in [3.8, 4) is 50.5 Å². The summed E-state index contributed by atoms with van der Waals surface area (Å²) in [6.07, 6.45) is 0. The second-order valence-electron chi connectivity index (χ2n) is 8.05. The summed E-state index contributed by atoms with van der Waals surface area (Å²) in [5, 5.41) is 2.03. The predicted octanol–water partition coefficient (Wildman–Crippen LogP) is 7.43. The predicted molar refractivity (Wildman–Crippen MR) is 157 cm³/mol. The molecule has 204 valence electrons. The second-order valence-corrected chi connectivity index (χ2v) is 9.00. The summed E-state index contributed by atoms with van der Waals surface area (Å²) >= 11 is 1.63. The van der Waals surface area contributed by atoms with Crippen molar-refractivity contribution in [2.24, 2.45) is 11.7 Å². The Morgan fingerprint density at radius 2 is 1.53 bits per heavy atom. The number of nitrogens with two attached hydrogens (primary N) is 1. The van der Waals surface area contributed by atoms with Crippen molar-refractivity contribution in [3.05, 3.63) is 60.0 Å². The van der Waals surface area contributed by atoms with Gasteiger partial charge in [0.15, 0.2) is 11.5 Å². The maximum Gasteiger partial charge on any atom is 0.328 e. The first-order valence-corrected chi connectivity index (χ1v) is 13.7. The average molecular weight is 538 g/mol. The van der Waals surface area contributed by atoms with Crippen LogP contribution in [0.4, 0.5) is 0 Å². The van der Waals surface area contributed by atoms with E-state index in [0.29, 0.717) is 17.3 Å². The van der Waals surface area contributed by atoms with E-state index in [1.54, 1.807) is 23.5 Å². The maximum atomic E-state index is 12.5. The molecule has 2 aromatic carbocycles. The van der Waals surface area contributed by atoms with Gasteiger partial charge in [-0.25, -0.2) is 9.78 Å². The number of aromatic amines is 1. The molecule has 0 radical (unpaired) electrons. The summed E-state index contributed by atoms with van der Waals surface area (Å²) in [5.74, 6) is 0.879. The Morgan fingerprint density at radius 3 is 2.03 bits per heavy atom. The molecule has 0 aliphatic heterocycles. The molecule has 1 unspecified atom stereocenters. The van der Waals surface area contributed by atoms with Gasteiger partial charge in [-0.15, -0.1) is 11.3 Å². The lowest BCUT2D eigenvalue weighted by Crippen LogP contribution is -2.38. The molecule has 0 aliphatic rings. The molecule has 2 aromatic heterocycles. The number of benzene rings is 2. The summed E-state index contributed by atoms with van der Waals surface area (Å²) in [6.45, 7) is 11.7. The zero-order valence-corrected chi connectivity index (χ0v) is 24.3. The van der Waals surface area contributed by atoms with E-state index in [9.17, 15) is 4.79 Å². The van der Waals surface area contributed by atoms with Crippen molar-refractivity contribution >= 4 is 17.3 Å². The number of nitrogens with zero attached hydrogens (tertiary/aromatic N) is 1. The highest BCUT2D eigenvalue weighted by Gasteiger charge is 2.25. The molecule has 3 N–H and O–H groups in total. The van der Waals surface area contributed by atoms with Crippen LogP contribution in [-0.4, -0.2) is 36.2 Å². The Morgan fingerprint density at radius 1 is 0.921 bits per heavy atom. The molecule has 7 nitrogen and oxygen atoms in total. The highest BCUT2D eigenvalue weighted by molar-refractivity contribution is 7.13. The highest BCUT2D eigenvalue weighted by atomic mass is 32.1. The number of carbonyl (C=O) groups is 1. The lowest BCUT2D eigenvalue weighted by Gasteiger charge is -2.18. The highest BCUT2D eigenvalue weighted by Crippen LogP contribution is 2.43. The minimum absolute atomic E-state index is 0.0704. The molecule has 0 saturated carbocycles. The molecule has 4 rings (SSSR count). The Kier molecular flexibility index (Phi) is 12.0. The first-order valence-electron chi connectivity index (χ1n) is 12.9. The molecule has 2 heterocycles. The molecular formula is C30H39N3O4S. The minimum atomic E-state index is -0.763. The zero-order chi connectivity index (χ0) is 28.2. The molecule has 0 bridgehead atoms. The number of thiophene rings is 1. The number of ether oxygens (including phenoxy) is 3. The van der Waals surface area contributed by atoms with Crippen LogP contribution in [0.5, 0.6) is 17.2 Å². The van der Waals surface area contributed by atoms with Gasteiger partial charge < -0.3 is 24.9 Å². The number of carbonyl (C=O) groups excluding carboxylic acids is 1. The molecule has 8 heteroatoms. The van der Waals surface area contributed by atoms with Gasteiger partial charge in [0.2, 0.25) is 5.75 Å². The summed E-state index contributed by atoms with van der Waals surface area (Å²) in [4.78, 5) is 21.9. The first-order chi connectivity index (χ1) is 18.4. The van der Waals surface area contributed by atoms with Crippen molar-refractivity contribution in [2.75, 3.05) is 14.2 Å². The Hall–Kier alpha value is -3.62. The number of hydrogen-bond acceptors (Lipinski definition) is 7. The first kappa shape index (κ1) is 30.6. The van der Waals surface area contributed by atoms with Crippen molar-refractivity contribution in [1.29, 1.82) is 0 Å². The molecule has 1 atom stereocenters. The zero-order valence-electron chi connectivity index (χ0n) is 23.5. The fourth-order valence-corrected chi connectivity index (χ4v) is 4.20. The number of rotatable bonds is 8. The number of aromatic nitrogens is 2. The number of imidazole rings is 1. The lowest BCUT2D eigenvalue weighted by atomic mass is 10.1. The second kappa shape index (κ2) is 15.0. The minimum Gasteiger partial charge on any atom is -0.493 e. The van der Waals surface area contributed by atoms with E-state index in [4.69, 9.17) is 24.9 Å². The number of H-pyrrole nitrogens is 1. The monoisotopic (exact) mass is 537 g/mol. The fourth-order valence-electron chi connectivity index (χ4n) is 3.47. The SMILES string of the molecule is CC.CC.COc1cc(-c2nc(-c3ccccc3)c(-c3cccs3)[nH]2)cc(OC)c1OC(=O)C(N)C(C)C. The van der Waals surface area contributed by atoms with Gasteiger partial charge in [-0.05, 0) is 29.5 Å². The van der Waals surface area contributed by atoms with Crippen molar-refractivity contribution in [2.45, 2.75) is 47.6 Å². The maximum absolute atomic E-state index is 12.5. The van der Waals surface area contributed by atoms with Crippen LogP contribution in [0.1, 0.15) is 41.5 Å². The Bertz CT molecular complexity index is 1240. The molecule has 0 saturated heterocycles. The number of esters is 1. The van der Waals surface area contributed by atoms with Crippen molar-refractivity contribution in [1.82, 2.24) is 9.97 Å². The largest absolute Gasteiger partial charge is 0.493 e.